The van der Waals surface area contributed by atoms with E-state index in [1.165, 1.54) is 13.2 Å². The molecule has 1 atom stereocenters. The maximum absolute atomic E-state index is 12.0. The fourth-order valence-corrected chi connectivity index (χ4v) is 2.18. The molecule has 2 rings (SSSR count). The molecule has 0 aliphatic rings. The number of para-hydroxylation sites is 1. The van der Waals surface area contributed by atoms with Crippen molar-refractivity contribution in [1.29, 1.82) is 0 Å². The first-order chi connectivity index (χ1) is 9.60. The van der Waals surface area contributed by atoms with E-state index in [1.54, 1.807) is 35.9 Å². The van der Waals surface area contributed by atoms with Crippen LogP contribution < -0.4 is 10.2 Å². The summed E-state index contributed by atoms with van der Waals surface area (Å²) in [5, 5.41) is 0.522. The lowest BCUT2D eigenvalue weighted by atomic mass is 10.1. The van der Waals surface area contributed by atoms with Crippen LogP contribution in [-0.2, 0) is 9.53 Å². The monoisotopic (exact) mass is 275 g/mol. The zero-order chi connectivity index (χ0) is 14.7. The number of ether oxygens (including phenoxy) is 2. The van der Waals surface area contributed by atoms with E-state index >= 15 is 0 Å². The molecule has 0 fully saturated rings. The molecule has 0 amide bonds. The number of aromatic nitrogens is 1. The van der Waals surface area contributed by atoms with Crippen molar-refractivity contribution >= 4 is 16.9 Å². The fourth-order valence-electron chi connectivity index (χ4n) is 2.18. The van der Waals surface area contributed by atoms with Crippen molar-refractivity contribution in [3.63, 3.8) is 0 Å². The van der Waals surface area contributed by atoms with E-state index in [-0.39, 0.29) is 11.4 Å². The molecule has 0 aliphatic carbocycles. The highest BCUT2D eigenvalue weighted by Crippen LogP contribution is 2.26. The third-order valence-electron chi connectivity index (χ3n) is 3.17. The van der Waals surface area contributed by atoms with Gasteiger partial charge in [0.1, 0.15) is 11.8 Å². The molecule has 0 aliphatic heterocycles. The molecular formula is C15H17NO4. The zero-order valence-corrected chi connectivity index (χ0v) is 11.8. The standard InChI is InChI=1S/C15H17NO4/c1-4-20-13-7-5-6-11-12(17)8-9-16(14(11)13)10(2)15(18)19-3/h5-10H,4H2,1-3H3. The van der Waals surface area contributed by atoms with Crippen LogP contribution in [0.4, 0.5) is 0 Å². The number of benzene rings is 1. The van der Waals surface area contributed by atoms with Gasteiger partial charge in [-0.1, -0.05) is 6.07 Å². The summed E-state index contributed by atoms with van der Waals surface area (Å²) in [6.45, 7) is 4.07. The lowest BCUT2D eigenvalue weighted by molar-refractivity contribution is -0.143. The number of nitrogens with zero attached hydrogens (tertiary/aromatic N) is 1. The molecule has 0 spiro atoms. The second-order valence-electron chi connectivity index (χ2n) is 4.37. The summed E-state index contributed by atoms with van der Waals surface area (Å²) in [7, 11) is 1.34. The Balaban J connectivity index is 2.74. The number of carbonyl (C=O) groups is 1. The third kappa shape index (κ3) is 2.39. The highest BCUT2D eigenvalue weighted by Gasteiger charge is 2.19. The molecular weight excluding hydrogens is 258 g/mol. The Labute approximate surface area is 116 Å². The predicted octanol–water partition coefficient (Wildman–Crippen LogP) is 2.13. The molecule has 106 valence electrons. The van der Waals surface area contributed by atoms with Gasteiger partial charge in [0.05, 0.1) is 19.2 Å². The van der Waals surface area contributed by atoms with Crippen LogP contribution in [0.1, 0.15) is 19.9 Å². The van der Waals surface area contributed by atoms with Crippen LogP contribution in [-0.4, -0.2) is 24.3 Å². The molecule has 1 aromatic carbocycles. The van der Waals surface area contributed by atoms with Crippen molar-refractivity contribution in [2.75, 3.05) is 13.7 Å². The largest absolute Gasteiger partial charge is 0.492 e. The van der Waals surface area contributed by atoms with E-state index in [0.29, 0.717) is 23.3 Å². The molecule has 2 aromatic rings. The van der Waals surface area contributed by atoms with E-state index in [9.17, 15) is 9.59 Å². The van der Waals surface area contributed by atoms with Gasteiger partial charge in [-0.15, -0.1) is 0 Å². The average molecular weight is 275 g/mol. The quantitative estimate of drug-likeness (QED) is 0.802. The smallest absolute Gasteiger partial charge is 0.328 e. The minimum absolute atomic E-state index is 0.102. The molecule has 0 radical (unpaired) electrons. The highest BCUT2D eigenvalue weighted by atomic mass is 16.5. The lowest BCUT2D eigenvalue weighted by Gasteiger charge is -2.18. The topological polar surface area (TPSA) is 57.5 Å². The van der Waals surface area contributed by atoms with Crippen molar-refractivity contribution in [3.8, 4) is 5.75 Å². The Bertz CT molecular complexity index is 690. The SMILES string of the molecule is CCOc1cccc2c(=O)ccn(C(C)C(=O)OC)c12. The average Bonchev–Trinajstić information content (AvgIpc) is 2.47. The number of fused-ring (bicyclic) bond motifs is 1. The Morgan fingerprint density at radius 3 is 2.75 bits per heavy atom. The van der Waals surface area contributed by atoms with Crippen molar-refractivity contribution < 1.29 is 14.3 Å². The molecule has 0 saturated heterocycles. The van der Waals surface area contributed by atoms with Gasteiger partial charge in [0, 0.05) is 17.6 Å². The minimum atomic E-state index is -0.537. The molecule has 1 heterocycles. The van der Waals surface area contributed by atoms with Crippen LogP contribution in [0, 0.1) is 0 Å². The van der Waals surface area contributed by atoms with Crippen LogP contribution >= 0.6 is 0 Å². The summed E-state index contributed by atoms with van der Waals surface area (Å²) >= 11 is 0. The third-order valence-corrected chi connectivity index (χ3v) is 3.17. The maximum Gasteiger partial charge on any atom is 0.328 e. The number of esters is 1. The normalized spacial score (nSPS) is 12.2. The van der Waals surface area contributed by atoms with Crippen molar-refractivity contribution in [1.82, 2.24) is 4.57 Å². The first kappa shape index (κ1) is 14.1. The van der Waals surface area contributed by atoms with Gasteiger partial charge < -0.3 is 14.0 Å². The Morgan fingerprint density at radius 1 is 1.35 bits per heavy atom. The number of pyridine rings is 1. The number of rotatable bonds is 4. The summed E-state index contributed by atoms with van der Waals surface area (Å²) in [6.07, 6.45) is 1.59. The van der Waals surface area contributed by atoms with Gasteiger partial charge >= 0.3 is 5.97 Å². The number of hydrogen-bond donors (Lipinski definition) is 0. The molecule has 5 heteroatoms. The summed E-state index contributed by atoms with van der Waals surface area (Å²) in [5.41, 5.74) is 0.509. The van der Waals surface area contributed by atoms with Gasteiger partial charge in [0.15, 0.2) is 5.43 Å². The molecule has 1 aromatic heterocycles. The van der Waals surface area contributed by atoms with Crippen molar-refractivity contribution in [2.45, 2.75) is 19.9 Å². The van der Waals surface area contributed by atoms with Gasteiger partial charge in [-0.2, -0.15) is 0 Å². The van der Waals surface area contributed by atoms with E-state index in [0.717, 1.165) is 0 Å². The van der Waals surface area contributed by atoms with Gasteiger partial charge in [-0.3, -0.25) is 4.79 Å². The number of methoxy groups -OCH3 is 1. The van der Waals surface area contributed by atoms with Crippen molar-refractivity contribution in [2.24, 2.45) is 0 Å². The molecule has 1 unspecified atom stereocenters. The van der Waals surface area contributed by atoms with Crippen LogP contribution in [0.2, 0.25) is 0 Å². The molecule has 0 bridgehead atoms. The lowest BCUT2D eigenvalue weighted by Crippen LogP contribution is -2.20. The van der Waals surface area contributed by atoms with Crippen LogP contribution in [0.3, 0.4) is 0 Å². The molecule has 20 heavy (non-hydrogen) atoms. The van der Waals surface area contributed by atoms with Crippen molar-refractivity contribution in [3.05, 3.63) is 40.7 Å². The second kappa shape index (κ2) is 5.77. The number of hydrogen-bond acceptors (Lipinski definition) is 4. The number of carbonyl (C=O) groups excluding carboxylic acids is 1. The van der Waals surface area contributed by atoms with Gasteiger partial charge in [-0.05, 0) is 26.0 Å². The first-order valence-corrected chi connectivity index (χ1v) is 6.44. The summed E-state index contributed by atoms with van der Waals surface area (Å²) in [4.78, 5) is 23.7. The van der Waals surface area contributed by atoms with Crippen LogP contribution in [0.15, 0.2) is 35.3 Å². The Hall–Kier alpha value is -2.30. The molecule has 5 nitrogen and oxygen atoms in total. The Morgan fingerprint density at radius 2 is 2.10 bits per heavy atom. The second-order valence-corrected chi connectivity index (χ2v) is 4.37. The van der Waals surface area contributed by atoms with Gasteiger partial charge in [0.25, 0.3) is 0 Å². The maximum atomic E-state index is 12.0. The van der Waals surface area contributed by atoms with Gasteiger partial charge in [-0.25, -0.2) is 4.79 Å². The van der Waals surface area contributed by atoms with Crippen LogP contribution in [0.5, 0.6) is 5.75 Å². The van der Waals surface area contributed by atoms with E-state index in [2.05, 4.69) is 0 Å². The first-order valence-electron chi connectivity index (χ1n) is 6.44. The Kier molecular flexibility index (Phi) is 4.08. The summed E-state index contributed by atoms with van der Waals surface area (Å²) in [6, 6.07) is 6.18. The highest BCUT2D eigenvalue weighted by molar-refractivity contribution is 5.87. The summed E-state index contributed by atoms with van der Waals surface area (Å²) < 4.78 is 12.0. The van der Waals surface area contributed by atoms with E-state index in [1.807, 2.05) is 6.92 Å². The van der Waals surface area contributed by atoms with E-state index in [4.69, 9.17) is 9.47 Å². The minimum Gasteiger partial charge on any atom is -0.492 e. The summed E-state index contributed by atoms with van der Waals surface area (Å²) in [5.74, 6) is 0.208. The van der Waals surface area contributed by atoms with E-state index < -0.39 is 6.04 Å². The van der Waals surface area contributed by atoms with Crippen LogP contribution in [0.25, 0.3) is 10.9 Å². The molecule has 0 saturated carbocycles. The predicted molar refractivity (Wildman–Crippen MR) is 76.1 cm³/mol. The van der Waals surface area contributed by atoms with Gasteiger partial charge in [0.2, 0.25) is 0 Å². The fraction of sp³-hybridized carbons (Fsp3) is 0.333. The molecule has 0 N–H and O–H groups in total. The zero-order valence-electron chi connectivity index (χ0n) is 11.8.